The summed E-state index contributed by atoms with van der Waals surface area (Å²) in [5.74, 6) is -1.94. The number of imidazole rings is 1. The lowest BCUT2D eigenvalue weighted by Crippen LogP contribution is -2.17. The van der Waals surface area contributed by atoms with Crippen LogP contribution in [0.25, 0.3) is 5.65 Å². The van der Waals surface area contributed by atoms with Crippen molar-refractivity contribution in [3.63, 3.8) is 0 Å². The average molecular weight is 334 g/mol. The van der Waals surface area contributed by atoms with E-state index in [4.69, 9.17) is 11.6 Å². The van der Waals surface area contributed by atoms with Crippen LogP contribution >= 0.6 is 11.6 Å². The van der Waals surface area contributed by atoms with Crippen LogP contribution in [0, 0.1) is 5.82 Å². The molecule has 3 aromatic rings. The van der Waals surface area contributed by atoms with Gasteiger partial charge in [-0.05, 0) is 30.7 Å². The zero-order valence-corrected chi connectivity index (χ0v) is 12.9. The monoisotopic (exact) mass is 333 g/mol. The summed E-state index contributed by atoms with van der Waals surface area (Å²) >= 11 is 5.98. The minimum Gasteiger partial charge on any atom is -0.505 e. The van der Waals surface area contributed by atoms with Crippen LogP contribution in [0.15, 0.2) is 36.5 Å². The zero-order chi connectivity index (χ0) is 16.6. The van der Waals surface area contributed by atoms with E-state index in [1.165, 1.54) is 18.2 Å². The quantitative estimate of drug-likeness (QED) is 0.769. The Labute approximate surface area is 136 Å². The number of aryl methyl sites for hydroxylation is 1. The number of hydrogen-bond donors (Lipinski definition) is 2. The van der Waals surface area contributed by atoms with Crippen LogP contribution in [0.1, 0.15) is 23.1 Å². The number of hydrogen-bond acceptors (Lipinski definition) is 3. The Bertz CT molecular complexity index is 908. The lowest BCUT2D eigenvalue weighted by molar-refractivity contribution is 0.102. The molecule has 5 nitrogen and oxygen atoms in total. The third kappa shape index (κ3) is 2.73. The maximum absolute atomic E-state index is 13.9. The molecule has 0 fully saturated rings. The number of carbonyl (C=O) groups is 1. The second-order valence-corrected chi connectivity index (χ2v) is 5.37. The highest BCUT2D eigenvalue weighted by Gasteiger charge is 2.20. The van der Waals surface area contributed by atoms with Crippen LogP contribution < -0.4 is 5.32 Å². The van der Waals surface area contributed by atoms with E-state index in [1.807, 2.05) is 6.92 Å². The lowest BCUT2D eigenvalue weighted by atomic mass is 10.2. The predicted octanol–water partition coefficient (Wildman–Crippen LogP) is 3.65. The number of carbonyl (C=O) groups excluding carboxylic acids is 1. The van der Waals surface area contributed by atoms with Gasteiger partial charge >= 0.3 is 0 Å². The van der Waals surface area contributed by atoms with Crippen LogP contribution in [-0.2, 0) is 6.42 Å². The van der Waals surface area contributed by atoms with Gasteiger partial charge in [-0.2, -0.15) is 0 Å². The number of aromatic hydroxyl groups is 1. The number of rotatable bonds is 3. The number of nitrogens with zero attached hydrogens (tertiary/aromatic N) is 2. The second kappa shape index (κ2) is 5.89. The topological polar surface area (TPSA) is 66.6 Å². The summed E-state index contributed by atoms with van der Waals surface area (Å²) in [6, 6.07) is 7.40. The normalized spacial score (nSPS) is 10.9. The number of benzene rings is 1. The Balaban J connectivity index is 2.06. The Kier molecular flexibility index (Phi) is 3.92. The third-order valence-corrected chi connectivity index (χ3v) is 3.65. The van der Waals surface area contributed by atoms with E-state index in [9.17, 15) is 14.3 Å². The fourth-order valence-electron chi connectivity index (χ4n) is 2.35. The van der Waals surface area contributed by atoms with Gasteiger partial charge in [0.1, 0.15) is 11.3 Å². The van der Waals surface area contributed by atoms with Crippen LogP contribution in [0.2, 0.25) is 5.02 Å². The number of aromatic nitrogens is 2. The van der Waals surface area contributed by atoms with Crippen molar-refractivity contribution in [2.24, 2.45) is 0 Å². The van der Waals surface area contributed by atoms with Gasteiger partial charge in [-0.15, -0.1) is 0 Å². The second-order valence-electron chi connectivity index (χ2n) is 4.93. The number of nitrogens with one attached hydrogen (secondary N) is 1. The van der Waals surface area contributed by atoms with Gasteiger partial charge in [0.05, 0.1) is 16.4 Å². The van der Waals surface area contributed by atoms with E-state index in [2.05, 4.69) is 10.3 Å². The van der Waals surface area contributed by atoms with E-state index in [0.717, 1.165) is 0 Å². The fraction of sp³-hybridized carbons (Fsp3) is 0.125. The van der Waals surface area contributed by atoms with Gasteiger partial charge < -0.3 is 10.4 Å². The number of anilines is 1. The molecule has 118 valence electrons. The minimum atomic E-state index is -0.884. The highest BCUT2D eigenvalue weighted by molar-refractivity contribution is 6.30. The summed E-state index contributed by atoms with van der Waals surface area (Å²) in [4.78, 5) is 17.0. The van der Waals surface area contributed by atoms with E-state index in [0.29, 0.717) is 22.8 Å². The minimum absolute atomic E-state index is 0.103. The molecule has 0 bridgehead atoms. The molecule has 23 heavy (non-hydrogen) atoms. The molecule has 0 atom stereocenters. The molecule has 2 aromatic heterocycles. The van der Waals surface area contributed by atoms with Gasteiger partial charge in [0.25, 0.3) is 5.91 Å². The highest BCUT2D eigenvalue weighted by atomic mass is 35.5. The Morgan fingerprint density at radius 1 is 1.39 bits per heavy atom. The Morgan fingerprint density at radius 3 is 2.91 bits per heavy atom. The molecule has 1 aromatic carbocycles. The van der Waals surface area contributed by atoms with Crippen molar-refractivity contribution in [1.82, 2.24) is 9.38 Å². The summed E-state index contributed by atoms with van der Waals surface area (Å²) in [6.45, 7) is 1.87. The number of pyridine rings is 1. The number of halogens is 2. The number of fused-ring (bicyclic) bond motifs is 1. The molecule has 2 heterocycles. The average Bonchev–Trinajstić information content (AvgIpc) is 2.89. The van der Waals surface area contributed by atoms with Crippen LogP contribution in [0.3, 0.4) is 0 Å². The summed E-state index contributed by atoms with van der Waals surface area (Å²) in [5, 5.41) is 12.3. The van der Waals surface area contributed by atoms with E-state index < -0.39 is 17.5 Å². The van der Waals surface area contributed by atoms with Gasteiger partial charge in [-0.25, -0.2) is 9.37 Å². The van der Waals surface area contributed by atoms with Gasteiger partial charge in [0.15, 0.2) is 11.6 Å². The molecule has 0 aliphatic rings. The molecule has 0 spiro atoms. The molecule has 0 unspecified atom stereocenters. The van der Waals surface area contributed by atoms with Gasteiger partial charge in [0, 0.05) is 6.20 Å². The predicted molar refractivity (Wildman–Crippen MR) is 85.6 cm³/mol. The molecule has 2 N–H and O–H groups in total. The van der Waals surface area contributed by atoms with Crippen molar-refractivity contribution in [3.8, 4) is 5.75 Å². The first-order chi connectivity index (χ1) is 11.0. The lowest BCUT2D eigenvalue weighted by Gasteiger charge is -2.08. The summed E-state index contributed by atoms with van der Waals surface area (Å²) in [6.07, 6.45) is 2.11. The van der Waals surface area contributed by atoms with E-state index in [1.54, 1.807) is 22.7 Å². The number of amides is 1. The first-order valence-corrected chi connectivity index (χ1v) is 7.34. The molecule has 3 rings (SSSR count). The van der Waals surface area contributed by atoms with Gasteiger partial charge in [0.2, 0.25) is 0 Å². The summed E-state index contributed by atoms with van der Waals surface area (Å²) in [5.41, 5.74) is 1.33. The molecular formula is C16H13ClFN3O2. The van der Waals surface area contributed by atoms with Gasteiger partial charge in [-0.3, -0.25) is 9.20 Å². The van der Waals surface area contributed by atoms with Crippen molar-refractivity contribution < 1.29 is 14.3 Å². The Hall–Kier alpha value is -2.60. The molecule has 0 aliphatic carbocycles. The van der Waals surface area contributed by atoms with Crippen molar-refractivity contribution in [2.45, 2.75) is 13.3 Å². The molecule has 0 aliphatic heterocycles. The molecule has 0 radical (unpaired) electrons. The molecule has 1 amide bonds. The number of phenolic OH excluding ortho intramolecular Hbond substituents is 1. The number of phenols is 1. The van der Waals surface area contributed by atoms with Crippen molar-refractivity contribution in [3.05, 3.63) is 58.8 Å². The third-order valence-electron chi connectivity index (χ3n) is 3.43. The van der Waals surface area contributed by atoms with Crippen molar-refractivity contribution >= 4 is 28.8 Å². The van der Waals surface area contributed by atoms with Crippen LogP contribution in [0.4, 0.5) is 10.1 Å². The first-order valence-electron chi connectivity index (χ1n) is 6.96. The van der Waals surface area contributed by atoms with E-state index >= 15 is 0 Å². The molecule has 0 saturated heterocycles. The smallest absolute Gasteiger partial charge is 0.274 e. The molecule has 0 saturated carbocycles. The van der Waals surface area contributed by atoms with Crippen molar-refractivity contribution in [1.29, 1.82) is 0 Å². The van der Waals surface area contributed by atoms with Crippen LogP contribution in [-0.4, -0.2) is 20.4 Å². The van der Waals surface area contributed by atoms with Gasteiger partial charge in [-0.1, -0.05) is 24.6 Å². The fourth-order valence-corrected chi connectivity index (χ4v) is 2.51. The molecule has 7 heteroatoms. The SMILES string of the molecule is CCc1nc2ccc(Cl)cn2c1C(=O)Nc1cccc(O)c1F. The summed E-state index contributed by atoms with van der Waals surface area (Å²) in [7, 11) is 0. The largest absolute Gasteiger partial charge is 0.505 e. The maximum atomic E-state index is 13.9. The Morgan fingerprint density at radius 2 is 2.17 bits per heavy atom. The summed E-state index contributed by atoms with van der Waals surface area (Å²) < 4.78 is 15.4. The zero-order valence-electron chi connectivity index (χ0n) is 12.2. The molecular weight excluding hydrogens is 321 g/mol. The van der Waals surface area contributed by atoms with Crippen LogP contribution in [0.5, 0.6) is 5.75 Å². The van der Waals surface area contributed by atoms with E-state index in [-0.39, 0.29) is 11.4 Å². The highest BCUT2D eigenvalue weighted by Crippen LogP contribution is 2.24. The van der Waals surface area contributed by atoms with Crippen molar-refractivity contribution in [2.75, 3.05) is 5.32 Å². The standard InChI is InChI=1S/C16H13ClFN3O2/c1-2-10-15(21-8-9(17)6-7-13(21)19-10)16(23)20-11-4-3-5-12(22)14(11)18/h3-8,22H,2H2,1H3,(H,20,23). The maximum Gasteiger partial charge on any atom is 0.274 e. The first kappa shape index (κ1) is 15.3.